The number of hydrogen-bond donors (Lipinski definition) is 1. The molecular formula is C30H29ClF3NO7. The van der Waals surface area contributed by atoms with Crippen LogP contribution in [-0.4, -0.2) is 54.0 Å². The summed E-state index contributed by atoms with van der Waals surface area (Å²) in [5, 5.41) is 9.36. The highest BCUT2D eigenvalue weighted by atomic mass is 35.5. The summed E-state index contributed by atoms with van der Waals surface area (Å²) >= 11 is 6.13. The number of rotatable bonds is 11. The first-order valence-corrected chi connectivity index (χ1v) is 13.6. The molecule has 2 aromatic carbocycles. The number of pyridine rings is 1. The highest BCUT2D eigenvalue weighted by Crippen LogP contribution is 2.38. The molecule has 42 heavy (non-hydrogen) atoms. The summed E-state index contributed by atoms with van der Waals surface area (Å²) in [6.07, 6.45) is -0.846. The van der Waals surface area contributed by atoms with Crippen molar-refractivity contribution in [2.75, 3.05) is 20.3 Å². The lowest BCUT2D eigenvalue weighted by molar-refractivity contribution is -0.153. The molecule has 1 N–H and O–H groups in total. The van der Waals surface area contributed by atoms with E-state index < -0.39 is 30.4 Å². The zero-order chi connectivity index (χ0) is 30.4. The Morgan fingerprint density at radius 2 is 1.81 bits per heavy atom. The van der Waals surface area contributed by atoms with Crippen molar-refractivity contribution in [2.45, 2.75) is 50.4 Å². The van der Waals surface area contributed by atoms with E-state index in [9.17, 15) is 27.6 Å². The monoisotopic (exact) mass is 607 g/mol. The summed E-state index contributed by atoms with van der Waals surface area (Å²) in [4.78, 5) is 38.4. The molecule has 0 unspecified atom stereocenters. The Balaban J connectivity index is 1.73. The first-order valence-electron chi connectivity index (χ1n) is 13.2. The minimum Gasteiger partial charge on any atom is -0.495 e. The van der Waals surface area contributed by atoms with Crippen LogP contribution in [0, 0.1) is 0 Å². The summed E-state index contributed by atoms with van der Waals surface area (Å²) < 4.78 is 56.3. The van der Waals surface area contributed by atoms with Crippen LogP contribution in [0.1, 0.15) is 47.6 Å². The van der Waals surface area contributed by atoms with Crippen molar-refractivity contribution in [3.63, 3.8) is 0 Å². The van der Waals surface area contributed by atoms with Crippen molar-refractivity contribution in [2.24, 2.45) is 0 Å². The fourth-order valence-corrected chi connectivity index (χ4v) is 5.04. The highest BCUT2D eigenvalue weighted by Gasteiger charge is 2.31. The maximum Gasteiger partial charge on any atom is 0.422 e. The molecule has 1 aliphatic rings. The molecule has 224 valence electrons. The quantitative estimate of drug-likeness (QED) is 0.280. The molecule has 8 nitrogen and oxygen atoms in total. The van der Waals surface area contributed by atoms with E-state index in [1.54, 1.807) is 12.1 Å². The molecule has 12 heteroatoms. The van der Waals surface area contributed by atoms with Crippen LogP contribution in [0.15, 0.2) is 59.5 Å². The summed E-state index contributed by atoms with van der Waals surface area (Å²) in [5.74, 6) is -1.44. The zero-order valence-corrected chi connectivity index (χ0v) is 23.4. The third-order valence-corrected chi connectivity index (χ3v) is 7.17. The predicted molar refractivity (Wildman–Crippen MR) is 149 cm³/mol. The lowest BCUT2D eigenvalue weighted by atomic mass is 9.95. The van der Waals surface area contributed by atoms with Gasteiger partial charge in [-0.3, -0.25) is 9.59 Å². The van der Waals surface area contributed by atoms with Gasteiger partial charge in [-0.15, -0.1) is 0 Å². The number of ether oxygens (including phenoxy) is 3. The minimum absolute atomic E-state index is 0.0719. The van der Waals surface area contributed by atoms with Crippen LogP contribution < -0.4 is 15.0 Å². The molecule has 0 amide bonds. The van der Waals surface area contributed by atoms with Crippen LogP contribution in [0.25, 0.3) is 11.1 Å². The third-order valence-electron chi connectivity index (χ3n) is 6.93. The fraction of sp³-hybridized carbons (Fsp3) is 0.367. The van der Waals surface area contributed by atoms with E-state index in [4.69, 9.17) is 30.9 Å². The van der Waals surface area contributed by atoms with Gasteiger partial charge in [-0.2, -0.15) is 13.2 Å². The van der Waals surface area contributed by atoms with E-state index >= 15 is 0 Å². The Labute approximate surface area is 244 Å². The van der Waals surface area contributed by atoms with Gasteiger partial charge in [-0.1, -0.05) is 23.7 Å². The van der Waals surface area contributed by atoms with E-state index in [1.165, 1.54) is 54.3 Å². The molecule has 1 aliphatic heterocycles. The number of Topliss-reactive ketones (excluding diaryl/α,β-unsaturated/α-hetero) is 1. The number of methoxy groups -OCH3 is 1. The topological polar surface area (TPSA) is 104 Å². The number of alkyl halides is 3. The summed E-state index contributed by atoms with van der Waals surface area (Å²) in [5.41, 5.74) is 0.312. The second-order valence-electron chi connectivity index (χ2n) is 9.93. The van der Waals surface area contributed by atoms with Gasteiger partial charge in [0.25, 0.3) is 5.56 Å². The van der Waals surface area contributed by atoms with Gasteiger partial charge in [0.15, 0.2) is 12.4 Å². The first kappa shape index (κ1) is 31.1. The number of carbonyl (C=O) groups excluding carboxylic acids is 1. The predicted octanol–water partition coefficient (Wildman–Crippen LogP) is 6.13. The number of halogens is 4. The largest absolute Gasteiger partial charge is 0.495 e. The summed E-state index contributed by atoms with van der Waals surface area (Å²) in [7, 11) is 1.33. The van der Waals surface area contributed by atoms with E-state index in [1.807, 2.05) is 0 Å². The van der Waals surface area contributed by atoms with Crippen LogP contribution in [0.2, 0.25) is 5.02 Å². The van der Waals surface area contributed by atoms with Gasteiger partial charge < -0.3 is 23.9 Å². The molecule has 2 atom stereocenters. The number of hydrogen-bond acceptors (Lipinski definition) is 6. The molecular weight excluding hydrogens is 579 g/mol. The SMILES string of the molecule is COc1cn([C@@H](C[C@@H]2CCCCO2)C(=O)Cc2ccc(C(=O)O)cc2)c(=O)cc1-c1cc(Cl)ccc1OCC(F)(F)F. The van der Waals surface area contributed by atoms with Crippen LogP contribution in [0.5, 0.6) is 11.5 Å². The van der Waals surface area contributed by atoms with Crippen molar-refractivity contribution < 1.29 is 42.1 Å². The lowest BCUT2D eigenvalue weighted by Crippen LogP contribution is -2.34. The van der Waals surface area contributed by atoms with Crippen molar-refractivity contribution in [1.82, 2.24) is 4.57 Å². The highest BCUT2D eigenvalue weighted by molar-refractivity contribution is 6.31. The maximum absolute atomic E-state index is 13.7. The van der Waals surface area contributed by atoms with Gasteiger partial charge in [0.1, 0.15) is 11.5 Å². The van der Waals surface area contributed by atoms with Gasteiger partial charge >= 0.3 is 12.1 Å². The zero-order valence-electron chi connectivity index (χ0n) is 22.7. The maximum atomic E-state index is 13.7. The summed E-state index contributed by atoms with van der Waals surface area (Å²) in [6, 6.07) is 10.1. The van der Waals surface area contributed by atoms with Crippen molar-refractivity contribution in [3.8, 4) is 22.6 Å². The van der Waals surface area contributed by atoms with E-state index in [0.717, 1.165) is 12.8 Å². The van der Waals surface area contributed by atoms with Crippen molar-refractivity contribution in [1.29, 1.82) is 0 Å². The molecule has 2 heterocycles. The van der Waals surface area contributed by atoms with E-state index in [0.29, 0.717) is 18.6 Å². The first-order chi connectivity index (χ1) is 19.9. The van der Waals surface area contributed by atoms with E-state index in [2.05, 4.69) is 0 Å². The molecule has 4 rings (SSSR count). The number of nitrogens with zero attached hydrogens (tertiary/aromatic N) is 1. The summed E-state index contributed by atoms with van der Waals surface area (Å²) in [6.45, 7) is -1.01. The van der Waals surface area contributed by atoms with Gasteiger partial charge in [0, 0.05) is 41.7 Å². The molecule has 0 saturated carbocycles. The third kappa shape index (κ3) is 7.92. The van der Waals surface area contributed by atoms with Crippen molar-refractivity contribution in [3.05, 3.63) is 81.2 Å². The Kier molecular flexibility index (Phi) is 9.95. The van der Waals surface area contributed by atoms with Gasteiger partial charge in [0.2, 0.25) is 0 Å². The molecule has 0 aliphatic carbocycles. The Morgan fingerprint density at radius 3 is 2.43 bits per heavy atom. The molecule has 3 aromatic rings. The fourth-order valence-electron chi connectivity index (χ4n) is 4.87. The van der Waals surface area contributed by atoms with Gasteiger partial charge in [-0.25, -0.2) is 4.79 Å². The molecule has 1 saturated heterocycles. The average molecular weight is 608 g/mol. The number of carboxylic acids is 1. The average Bonchev–Trinajstić information content (AvgIpc) is 2.95. The minimum atomic E-state index is -4.59. The lowest BCUT2D eigenvalue weighted by Gasteiger charge is -2.28. The second kappa shape index (κ2) is 13.4. The molecule has 0 radical (unpaired) electrons. The Morgan fingerprint density at radius 1 is 1.10 bits per heavy atom. The molecule has 1 fully saturated rings. The second-order valence-corrected chi connectivity index (χ2v) is 10.4. The Hall–Kier alpha value is -3.83. The van der Waals surface area contributed by atoms with Gasteiger partial charge in [0.05, 0.1) is 31.0 Å². The standard InChI is InChI=1S/C30H29ClF3NO7/c1-40-27-16-35(28(37)15-23(27)22-13-20(31)9-10-26(22)42-17-30(32,33)34)24(14-21-4-2-3-11-41-21)25(36)12-18-5-7-19(8-6-18)29(38)39/h5-10,13,15-16,21,24H,2-4,11-12,14,17H2,1H3,(H,38,39)/t21-,24-/m0/s1. The number of carboxylic acid groups (broad SMARTS) is 1. The van der Waals surface area contributed by atoms with Crippen LogP contribution in [0.4, 0.5) is 13.2 Å². The number of benzene rings is 2. The van der Waals surface area contributed by atoms with Crippen LogP contribution >= 0.6 is 11.6 Å². The normalized spacial score (nSPS) is 16.1. The number of aromatic nitrogens is 1. The smallest absolute Gasteiger partial charge is 0.422 e. The number of carbonyl (C=O) groups is 2. The number of aromatic carboxylic acids is 1. The van der Waals surface area contributed by atoms with E-state index in [-0.39, 0.29) is 57.9 Å². The van der Waals surface area contributed by atoms with Gasteiger partial charge in [-0.05, 0) is 55.2 Å². The van der Waals surface area contributed by atoms with Crippen molar-refractivity contribution >= 4 is 23.4 Å². The molecule has 1 aromatic heterocycles. The molecule has 0 spiro atoms. The molecule has 0 bridgehead atoms. The Bertz CT molecular complexity index is 1480. The number of ketones is 1. The van der Waals surface area contributed by atoms with Crippen LogP contribution in [0.3, 0.4) is 0 Å². The van der Waals surface area contributed by atoms with Crippen LogP contribution in [-0.2, 0) is 16.0 Å².